The van der Waals surface area contributed by atoms with Crippen LogP contribution in [0.4, 0.5) is 4.79 Å². The summed E-state index contributed by atoms with van der Waals surface area (Å²) in [6, 6.07) is 11.7. The predicted molar refractivity (Wildman–Crippen MR) is 106 cm³/mol. The van der Waals surface area contributed by atoms with E-state index in [2.05, 4.69) is 20.9 Å². The number of carbonyl (C=O) groups is 2. The van der Waals surface area contributed by atoms with Gasteiger partial charge in [-0.2, -0.15) is 0 Å². The summed E-state index contributed by atoms with van der Waals surface area (Å²) in [5.74, 6) is 0.479. The molecule has 26 heavy (non-hydrogen) atoms. The summed E-state index contributed by atoms with van der Waals surface area (Å²) in [6.45, 7) is 0.823. The molecule has 7 heteroatoms. The van der Waals surface area contributed by atoms with Gasteiger partial charge in [-0.25, -0.2) is 4.79 Å². The van der Waals surface area contributed by atoms with Gasteiger partial charge in [-0.15, -0.1) is 0 Å². The van der Waals surface area contributed by atoms with E-state index in [1.807, 2.05) is 42.6 Å². The number of aromatic amines is 1. The monoisotopic (exact) mass is 417 g/mol. The summed E-state index contributed by atoms with van der Waals surface area (Å²) in [7, 11) is 3.36. The van der Waals surface area contributed by atoms with Crippen molar-refractivity contribution in [3.63, 3.8) is 0 Å². The molecule has 1 aromatic heterocycles. The number of benzene rings is 2. The second-order valence-corrected chi connectivity index (χ2v) is 6.66. The maximum atomic E-state index is 12.5. The lowest BCUT2D eigenvalue weighted by molar-refractivity contribution is -0.127. The standard InChI is InChI=1S/C19H20BrN3O3/c1-22(18(24)12-20)9-10-23(2)19(25)26-17-11-16-14(7-8-21-16)13-5-3-4-6-15(13)17/h3-8,11,21H,9-10,12H2,1-2H3. The second kappa shape index (κ2) is 7.78. The predicted octanol–water partition coefficient (Wildman–Crippen LogP) is 3.61. The zero-order chi connectivity index (χ0) is 18.7. The van der Waals surface area contributed by atoms with Crippen LogP contribution in [0.5, 0.6) is 5.75 Å². The molecule has 0 radical (unpaired) electrons. The molecule has 0 fully saturated rings. The zero-order valence-electron chi connectivity index (χ0n) is 14.7. The largest absolute Gasteiger partial charge is 0.415 e. The molecule has 0 unspecified atom stereocenters. The molecule has 0 saturated heterocycles. The quantitative estimate of drug-likeness (QED) is 0.644. The molecule has 1 heterocycles. The maximum absolute atomic E-state index is 12.5. The fourth-order valence-corrected chi connectivity index (χ4v) is 3.18. The second-order valence-electron chi connectivity index (χ2n) is 6.10. The SMILES string of the molecule is CN(CCN(C)C(=O)Oc1cc2[nH]ccc2c2ccccc12)C(=O)CBr. The fraction of sp³-hybridized carbons (Fsp3) is 0.263. The van der Waals surface area contributed by atoms with E-state index in [4.69, 9.17) is 4.74 Å². The molecule has 0 aliphatic heterocycles. The molecule has 0 bridgehead atoms. The molecule has 0 aliphatic rings. The number of alkyl halides is 1. The number of carbonyl (C=O) groups excluding carboxylic acids is 2. The van der Waals surface area contributed by atoms with Crippen LogP contribution >= 0.6 is 15.9 Å². The van der Waals surface area contributed by atoms with E-state index in [0.29, 0.717) is 18.8 Å². The third-order valence-corrected chi connectivity index (χ3v) is 4.84. The summed E-state index contributed by atoms with van der Waals surface area (Å²) >= 11 is 3.14. The summed E-state index contributed by atoms with van der Waals surface area (Å²) < 4.78 is 5.64. The number of rotatable bonds is 5. The normalized spacial score (nSPS) is 10.9. The highest BCUT2D eigenvalue weighted by Gasteiger charge is 2.16. The van der Waals surface area contributed by atoms with Crippen molar-refractivity contribution in [2.75, 3.05) is 32.5 Å². The van der Waals surface area contributed by atoms with Crippen molar-refractivity contribution in [3.8, 4) is 5.75 Å². The van der Waals surface area contributed by atoms with E-state index in [1.54, 1.807) is 19.0 Å². The lowest BCUT2D eigenvalue weighted by Gasteiger charge is -2.21. The number of hydrogen-bond donors (Lipinski definition) is 1. The smallest absolute Gasteiger partial charge is 0.409 e. The van der Waals surface area contributed by atoms with Gasteiger partial charge in [0.2, 0.25) is 5.91 Å². The number of fused-ring (bicyclic) bond motifs is 3. The summed E-state index contributed by atoms with van der Waals surface area (Å²) in [5.41, 5.74) is 0.914. The Balaban J connectivity index is 1.77. The van der Waals surface area contributed by atoms with Crippen molar-refractivity contribution < 1.29 is 14.3 Å². The molecule has 3 aromatic rings. The maximum Gasteiger partial charge on any atom is 0.415 e. The van der Waals surface area contributed by atoms with E-state index >= 15 is 0 Å². The van der Waals surface area contributed by atoms with Crippen LogP contribution in [0.25, 0.3) is 21.7 Å². The van der Waals surface area contributed by atoms with Crippen LogP contribution in [-0.2, 0) is 4.79 Å². The van der Waals surface area contributed by atoms with E-state index in [1.165, 1.54) is 4.90 Å². The zero-order valence-corrected chi connectivity index (χ0v) is 16.2. The third kappa shape index (κ3) is 3.67. The van der Waals surface area contributed by atoms with Crippen LogP contribution in [0.3, 0.4) is 0 Å². The third-order valence-electron chi connectivity index (χ3n) is 4.36. The Bertz CT molecular complexity index is 954. The van der Waals surface area contributed by atoms with Crippen molar-refractivity contribution in [1.82, 2.24) is 14.8 Å². The molecule has 0 aliphatic carbocycles. The molecular formula is C19H20BrN3O3. The average Bonchev–Trinajstić information content (AvgIpc) is 3.13. The Morgan fingerprint density at radius 1 is 1.04 bits per heavy atom. The van der Waals surface area contributed by atoms with Gasteiger partial charge in [0.05, 0.1) is 5.33 Å². The van der Waals surface area contributed by atoms with Gasteiger partial charge < -0.3 is 19.5 Å². The van der Waals surface area contributed by atoms with Crippen molar-refractivity contribution in [1.29, 1.82) is 0 Å². The van der Waals surface area contributed by atoms with Gasteiger partial charge in [-0.3, -0.25) is 4.79 Å². The van der Waals surface area contributed by atoms with Crippen molar-refractivity contribution in [2.45, 2.75) is 0 Å². The summed E-state index contributed by atoms with van der Waals surface area (Å²) in [4.78, 5) is 30.2. The number of amides is 2. The molecule has 2 aromatic carbocycles. The molecule has 2 amide bonds. The Morgan fingerprint density at radius 2 is 1.73 bits per heavy atom. The Kier molecular flexibility index (Phi) is 5.46. The van der Waals surface area contributed by atoms with E-state index < -0.39 is 6.09 Å². The minimum absolute atomic E-state index is 0.0324. The van der Waals surface area contributed by atoms with Crippen LogP contribution in [0.15, 0.2) is 42.6 Å². The van der Waals surface area contributed by atoms with E-state index in [9.17, 15) is 9.59 Å². The number of nitrogens with one attached hydrogen (secondary N) is 1. The molecule has 3 rings (SSSR count). The fourth-order valence-electron chi connectivity index (χ4n) is 2.75. The molecule has 1 N–H and O–H groups in total. The number of halogens is 1. The van der Waals surface area contributed by atoms with Gasteiger partial charge in [-0.05, 0) is 11.5 Å². The molecule has 0 spiro atoms. The molecular weight excluding hydrogens is 398 g/mol. The van der Waals surface area contributed by atoms with Crippen LogP contribution in [-0.4, -0.2) is 59.3 Å². The number of aromatic nitrogens is 1. The Morgan fingerprint density at radius 3 is 2.46 bits per heavy atom. The van der Waals surface area contributed by atoms with Gasteiger partial charge in [0.1, 0.15) is 5.75 Å². The van der Waals surface area contributed by atoms with E-state index in [-0.39, 0.29) is 11.2 Å². The minimum Gasteiger partial charge on any atom is -0.409 e. The van der Waals surface area contributed by atoms with Gasteiger partial charge in [-0.1, -0.05) is 40.2 Å². The lowest BCUT2D eigenvalue weighted by atomic mass is 10.1. The highest BCUT2D eigenvalue weighted by atomic mass is 79.9. The first-order valence-corrected chi connectivity index (χ1v) is 9.35. The molecule has 0 saturated carbocycles. The highest BCUT2D eigenvalue weighted by molar-refractivity contribution is 9.09. The Hall–Kier alpha value is -2.54. The van der Waals surface area contributed by atoms with Crippen LogP contribution < -0.4 is 4.74 Å². The van der Waals surface area contributed by atoms with Gasteiger partial charge in [0.25, 0.3) is 0 Å². The van der Waals surface area contributed by atoms with Crippen molar-refractivity contribution in [2.24, 2.45) is 0 Å². The van der Waals surface area contributed by atoms with Crippen LogP contribution in [0, 0.1) is 0 Å². The minimum atomic E-state index is -0.458. The average molecular weight is 418 g/mol. The van der Waals surface area contributed by atoms with Crippen molar-refractivity contribution in [3.05, 3.63) is 42.6 Å². The highest BCUT2D eigenvalue weighted by Crippen LogP contribution is 2.33. The topological polar surface area (TPSA) is 65.6 Å². The van der Waals surface area contributed by atoms with E-state index in [0.717, 1.165) is 21.7 Å². The first kappa shape index (κ1) is 18.3. The van der Waals surface area contributed by atoms with Crippen molar-refractivity contribution >= 4 is 49.6 Å². The lowest BCUT2D eigenvalue weighted by Crippen LogP contribution is -2.38. The van der Waals surface area contributed by atoms with Gasteiger partial charge in [0, 0.05) is 55.7 Å². The molecule has 136 valence electrons. The van der Waals surface area contributed by atoms with Crippen LogP contribution in [0.2, 0.25) is 0 Å². The summed E-state index contributed by atoms with van der Waals surface area (Å²) in [5, 5.41) is 3.26. The molecule has 0 atom stereocenters. The van der Waals surface area contributed by atoms with Crippen LogP contribution in [0.1, 0.15) is 0 Å². The van der Waals surface area contributed by atoms with Gasteiger partial charge in [0.15, 0.2) is 0 Å². The Labute approximate surface area is 159 Å². The molecule has 6 nitrogen and oxygen atoms in total. The number of nitrogens with zero attached hydrogens (tertiary/aromatic N) is 2. The number of ether oxygens (including phenoxy) is 1. The number of hydrogen-bond acceptors (Lipinski definition) is 3. The number of likely N-dealkylation sites (N-methyl/N-ethyl adjacent to an activating group) is 2. The first-order valence-electron chi connectivity index (χ1n) is 8.23. The van der Waals surface area contributed by atoms with Gasteiger partial charge >= 0.3 is 6.09 Å². The number of H-pyrrole nitrogens is 1. The first-order chi connectivity index (χ1) is 12.5. The summed E-state index contributed by atoms with van der Waals surface area (Å²) in [6.07, 6.45) is 1.41.